The van der Waals surface area contributed by atoms with Gasteiger partial charge in [-0.3, -0.25) is 5.10 Å². The number of benzene rings is 2. The van der Waals surface area contributed by atoms with Crippen molar-refractivity contribution in [2.24, 2.45) is 0 Å². The van der Waals surface area contributed by atoms with Gasteiger partial charge in [0.25, 0.3) is 10.0 Å². The van der Waals surface area contributed by atoms with Crippen LogP contribution in [-0.4, -0.2) is 62.7 Å². The summed E-state index contributed by atoms with van der Waals surface area (Å²) in [6.45, 7) is 1.33. The molecule has 6 aromatic rings. The molecule has 0 bridgehead atoms. The van der Waals surface area contributed by atoms with Crippen molar-refractivity contribution in [2.45, 2.75) is 23.7 Å². The molecule has 0 spiro atoms. The number of fused-ring (bicyclic) bond motifs is 1. The van der Waals surface area contributed by atoms with E-state index in [2.05, 4.69) is 35.0 Å². The van der Waals surface area contributed by atoms with Gasteiger partial charge in [0.2, 0.25) is 5.88 Å². The van der Waals surface area contributed by atoms with Crippen LogP contribution in [0.15, 0.2) is 90.2 Å². The summed E-state index contributed by atoms with van der Waals surface area (Å²) in [6.07, 6.45) is 4.54. The van der Waals surface area contributed by atoms with E-state index in [1.807, 2.05) is 6.07 Å². The van der Waals surface area contributed by atoms with Gasteiger partial charge in [0.15, 0.2) is 11.5 Å². The number of hydrogen-bond acceptors (Lipinski definition) is 9. The smallest absolute Gasteiger partial charge is 0.269 e. The number of pyridine rings is 1. The predicted molar refractivity (Wildman–Crippen MR) is 162 cm³/mol. The van der Waals surface area contributed by atoms with Crippen LogP contribution in [0.1, 0.15) is 24.6 Å². The Morgan fingerprint density at radius 3 is 2.45 bits per heavy atom. The van der Waals surface area contributed by atoms with E-state index >= 15 is 0 Å². The van der Waals surface area contributed by atoms with Crippen molar-refractivity contribution in [3.05, 3.63) is 97.0 Å². The standard InChI is InChI=1S/C31H27FN8O3S/c1-43-27-17-22(11-14-33-27)26-18-25-30(34-19-35-31(25)40(26)44(41,42)24-5-3-2-4-6-24)39-15-12-21(13-16-39)29-36-28(37-38-29)20-7-9-23(32)10-8-20/h2-11,14,17-19,21H,12-13,15-16H2,1H3,(H,36,37,38). The largest absolute Gasteiger partial charge is 0.481 e. The van der Waals surface area contributed by atoms with Crippen LogP contribution in [0.5, 0.6) is 5.88 Å². The number of anilines is 1. The average molecular weight is 611 g/mol. The van der Waals surface area contributed by atoms with Gasteiger partial charge in [0, 0.05) is 42.4 Å². The zero-order valence-corrected chi connectivity index (χ0v) is 24.4. The summed E-state index contributed by atoms with van der Waals surface area (Å²) in [6, 6.07) is 19.6. The average Bonchev–Trinajstić information content (AvgIpc) is 3.72. The molecule has 0 aliphatic carbocycles. The summed E-state index contributed by atoms with van der Waals surface area (Å²) in [7, 11) is -2.52. The van der Waals surface area contributed by atoms with Gasteiger partial charge in [-0.15, -0.1) is 0 Å². The maximum atomic E-state index is 14.1. The van der Waals surface area contributed by atoms with Crippen molar-refractivity contribution >= 4 is 26.9 Å². The number of piperidine rings is 1. The molecule has 11 nitrogen and oxygen atoms in total. The van der Waals surface area contributed by atoms with Crippen LogP contribution in [0.25, 0.3) is 33.7 Å². The second kappa shape index (κ2) is 11.2. The molecule has 0 amide bonds. The van der Waals surface area contributed by atoms with E-state index in [4.69, 9.17) is 4.74 Å². The van der Waals surface area contributed by atoms with Crippen LogP contribution < -0.4 is 9.64 Å². The van der Waals surface area contributed by atoms with Crippen LogP contribution in [0.2, 0.25) is 0 Å². The third-order valence-corrected chi connectivity index (χ3v) is 9.56. The van der Waals surface area contributed by atoms with Crippen molar-refractivity contribution in [1.82, 2.24) is 34.1 Å². The first-order valence-electron chi connectivity index (χ1n) is 14.0. The summed E-state index contributed by atoms with van der Waals surface area (Å²) in [4.78, 5) is 20.3. The number of halogens is 1. The normalized spacial score (nSPS) is 14.3. The Hall–Kier alpha value is -5.17. The van der Waals surface area contributed by atoms with E-state index in [0.717, 1.165) is 24.2 Å². The third kappa shape index (κ3) is 4.94. The number of aromatic amines is 1. The lowest BCUT2D eigenvalue weighted by Gasteiger charge is -2.32. The summed E-state index contributed by atoms with van der Waals surface area (Å²) in [5.74, 6) is 2.17. The van der Waals surface area contributed by atoms with E-state index in [-0.39, 0.29) is 22.3 Å². The highest BCUT2D eigenvalue weighted by atomic mass is 32.2. The van der Waals surface area contributed by atoms with Crippen molar-refractivity contribution in [2.75, 3.05) is 25.1 Å². The Morgan fingerprint density at radius 1 is 0.932 bits per heavy atom. The number of nitrogens with one attached hydrogen (secondary N) is 1. The molecule has 1 fully saturated rings. The van der Waals surface area contributed by atoms with Crippen molar-refractivity contribution in [1.29, 1.82) is 0 Å². The first kappa shape index (κ1) is 27.7. The third-order valence-electron chi connectivity index (χ3n) is 7.84. The summed E-state index contributed by atoms with van der Waals surface area (Å²) in [5.41, 5.74) is 2.07. The fraction of sp³-hybridized carbons (Fsp3) is 0.194. The quantitative estimate of drug-likeness (QED) is 0.264. The molecule has 4 aromatic heterocycles. The molecule has 1 aliphatic heterocycles. The fourth-order valence-electron chi connectivity index (χ4n) is 5.60. The molecule has 0 unspecified atom stereocenters. The second-order valence-corrected chi connectivity index (χ2v) is 12.2. The van der Waals surface area contributed by atoms with Gasteiger partial charge >= 0.3 is 0 Å². The molecule has 0 saturated carbocycles. The number of aromatic nitrogens is 7. The molecule has 44 heavy (non-hydrogen) atoms. The molecule has 1 aliphatic rings. The Morgan fingerprint density at radius 2 is 1.70 bits per heavy atom. The summed E-state index contributed by atoms with van der Waals surface area (Å²) < 4.78 is 48.1. The molecular weight excluding hydrogens is 583 g/mol. The van der Waals surface area contributed by atoms with Gasteiger partial charge in [0.1, 0.15) is 23.8 Å². The zero-order valence-electron chi connectivity index (χ0n) is 23.6. The Kier molecular flexibility index (Phi) is 7.01. The molecule has 1 saturated heterocycles. The fourth-order valence-corrected chi connectivity index (χ4v) is 7.10. The minimum absolute atomic E-state index is 0.146. The molecule has 0 radical (unpaired) electrons. The molecule has 5 heterocycles. The number of nitrogens with zero attached hydrogens (tertiary/aromatic N) is 7. The van der Waals surface area contributed by atoms with Crippen molar-refractivity contribution in [3.63, 3.8) is 0 Å². The topological polar surface area (TPSA) is 132 Å². The lowest BCUT2D eigenvalue weighted by molar-refractivity contribution is 0.398. The molecule has 1 N–H and O–H groups in total. The molecule has 13 heteroatoms. The summed E-state index contributed by atoms with van der Waals surface area (Å²) >= 11 is 0. The Bertz CT molecular complexity index is 2060. The van der Waals surface area contributed by atoms with Gasteiger partial charge in [-0.2, -0.15) is 5.10 Å². The number of rotatable bonds is 7. The van der Waals surface area contributed by atoms with Gasteiger partial charge in [-0.05, 0) is 61.4 Å². The van der Waals surface area contributed by atoms with Crippen LogP contribution in [0.3, 0.4) is 0 Å². The van der Waals surface area contributed by atoms with Gasteiger partial charge in [0.05, 0.1) is 23.1 Å². The maximum Gasteiger partial charge on any atom is 0.269 e. The minimum atomic E-state index is -4.03. The second-order valence-electron chi connectivity index (χ2n) is 10.4. The van der Waals surface area contributed by atoms with Crippen LogP contribution in [-0.2, 0) is 10.0 Å². The molecule has 2 aromatic carbocycles. The molecule has 7 rings (SSSR count). The lowest BCUT2D eigenvalue weighted by atomic mass is 9.96. The van der Waals surface area contributed by atoms with Crippen LogP contribution in [0, 0.1) is 5.82 Å². The van der Waals surface area contributed by atoms with Gasteiger partial charge in [-0.1, -0.05) is 18.2 Å². The molecule has 0 atom stereocenters. The van der Waals surface area contributed by atoms with Gasteiger partial charge < -0.3 is 9.64 Å². The number of H-pyrrole nitrogens is 1. The van der Waals surface area contributed by atoms with E-state index < -0.39 is 10.0 Å². The monoisotopic (exact) mass is 610 g/mol. The Balaban J connectivity index is 1.23. The van der Waals surface area contributed by atoms with Crippen molar-refractivity contribution < 1.29 is 17.5 Å². The van der Waals surface area contributed by atoms with E-state index in [9.17, 15) is 12.8 Å². The van der Waals surface area contributed by atoms with E-state index in [1.54, 1.807) is 60.8 Å². The molecule has 222 valence electrons. The highest BCUT2D eigenvalue weighted by Gasteiger charge is 2.30. The lowest BCUT2D eigenvalue weighted by Crippen LogP contribution is -2.34. The first-order valence-corrected chi connectivity index (χ1v) is 15.5. The Labute approximate surface area is 252 Å². The van der Waals surface area contributed by atoms with Crippen LogP contribution in [0.4, 0.5) is 10.2 Å². The summed E-state index contributed by atoms with van der Waals surface area (Å²) in [5, 5.41) is 8.02. The maximum absolute atomic E-state index is 14.1. The van der Waals surface area contributed by atoms with E-state index in [0.29, 0.717) is 47.3 Å². The predicted octanol–water partition coefficient (Wildman–Crippen LogP) is 5.05. The number of hydrogen-bond donors (Lipinski definition) is 1. The first-order chi connectivity index (χ1) is 21.4. The minimum Gasteiger partial charge on any atom is -0.481 e. The van der Waals surface area contributed by atoms with Crippen molar-refractivity contribution in [3.8, 4) is 28.5 Å². The highest BCUT2D eigenvalue weighted by Crippen LogP contribution is 2.37. The SMILES string of the molecule is COc1cc(-c2cc3c(N4CCC(c5nc(-c6ccc(F)cc6)n[nH]5)CC4)ncnc3n2S(=O)(=O)c2ccccc2)ccn1. The van der Waals surface area contributed by atoms with Gasteiger partial charge in [-0.25, -0.2) is 36.7 Å². The number of ether oxygens (including phenoxy) is 1. The highest BCUT2D eigenvalue weighted by molar-refractivity contribution is 7.90. The number of methoxy groups -OCH3 is 1. The van der Waals surface area contributed by atoms with E-state index in [1.165, 1.54) is 29.5 Å². The van der Waals surface area contributed by atoms with Crippen LogP contribution >= 0.6 is 0 Å². The zero-order chi connectivity index (χ0) is 30.3. The molecular formula is C31H27FN8O3S.